The summed E-state index contributed by atoms with van der Waals surface area (Å²) in [5.41, 5.74) is 0. The van der Waals surface area contributed by atoms with Crippen LogP contribution in [0.4, 0.5) is 5.82 Å². The number of anilines is 1. The van der Waals surface area contributed by atoms with Crippen LogP contribution in [0.25, 0.3) is 0 Å². The van der Waals surface area contributed by atoms with Crippen LogP contribution >= 0.6 is 0 Å². The van der Waals surface area contributed by atoms with Gasteiger partial charge in [0.05, 0.1) is 13.2 Å². The minimum absolute atomic E-state index is 0.0724. The molecule has 6 heteroatoms. The van der Waals surface area contributed by atoms with Crippen LogP contribution in [-0.2, 0) is 9.47 Å². The molecule has 0 saturated heterocycles. The molecule has 0 unspecified atom stereocenters. The van der Waals surface area contributed by atoms with Crippen LogP contribution in [0.15, 0.2) is 12.3 Å². The lowest BCUT2D eigenvalue weighted by molar-refractivity contribution is 0.00290. The van der Waals surface area contributed by atoms with Crippen LogP contribution in [-0.4, -0.2) is 41.8 Å². The highest BCUT2D eigenvalue weighted by molar-refractivity contribution is 5.85. The number of esters is 1. The van der Waals surface area contributed by atoms with E-state index in [-0.39, 0.29) is 5.82 Å². The van der Waals surface area contributed by atoms with E-state index in [2.05, 4.69) is 20.0 Å². The normalized spacial score (nSPS) is 22.1. The smallest absolute Gasteiger partial charge is 0.376 e. The number of ether oxygens (including phenoxy) is 2. The first-order chi connectivity index (χ1) is 8.72. The highest BCUT2D eigenvalue weighted by atomic mass is 16.5. The summed E-state index contributed by atoms with van der Waals surface area (Å²) in [6.45, 7) is 2.74. The Morgan fingerprint density at radius 3 is 3.00 bits per heavy atom. The number of rotatable bonds is 5. The van der Waals surface area contributed by atoms with Crippen molar-refractivity contribution in [2.24, 2.45) is 0 Å². The summed E-state index contributed by atoms with van der Waals surface area (Å²) >= 11 is 0. The summed E-state index contributed by atoms with van der Waals surface area (Å²) in [6.07, 6.45) is 3.81. The van der Waals surface area contributed by atoms with Crippen molar-refractivity contribution < 1.29 is 14.3 Å². The van der Waals surface area contributed by atoms with E-state index in [0.29, 0.717) is 18.0 Å². The molecule has 0 atom stereocenters. The number of nitrogens with zero attached hydrogens (tertiary/aromatic N) is 2. The number of hydrogen-bond acceptors (Lipinski definition) is 6. The second-order valence-corrected chi connectivity index (χ2v) is 4.15. The maximum Gasteiger partial charge on any atom is 0.376 e. The summed E-state index contributed by atoms with van der Waals surface area (Å²) in [7, 11) is 1.31. The monoisotopic (exact) mass is 251 g/mol. The third-order valence-corrected chi connectivity index (χ3v) is 2.87. The Labute approximate surface area is 106 Å². The minimum Gasteiger partial charge on any atom is -0.463 e. The number of carbonyl (C=O) groups excluding carboxylic acids is 1. The molecule has 0 spiro atoms. The first kappa shape index (κ1) is 12.8. The van der Waals surface area contributed by atoms with Gasteiger partial charge in [-0.25, -0.2) is 14.8 Å². The number of aromatic nitrogens is 2. The van der Waals surface area contributed by atoms with Gasteiger partial charge < -0.3 is 14.8 Å². The van der Waals surface area contributed by atoms with Crippen LogP contribution in [0, 0.1) is 0 Å². The molecule has 1 saturated carbocycles. The molecule has 1 aromatic heterocycles. The third kappa shape index (κ3) is 2.95. The molecule has 0 aliphatic heterocycles. The van der Waals surface area contributed by atoms with E-state index in [4.69, 9.17) is 4.74 Å². The van der Waals surface area contributed by atoms with E-state index in [0.717, 1.165) is 19.4 Å². The second-order valence-electron chi connectivity index (χ2n) is 4.15. The SMILES string of the molecule is CCOC1CC(Nc2ccnc(C(=O)OC)n2)C1. The van der Waals surface area contributed by atoms with Crippen LogP contribution in [0.1, 0.15) is 30.4 Å². The summed E-state index contributed by atoms with van der Waals surface area (Å²) in [5.74, 6) is 0.188. The number of carbonyl (C=O) groups is 1. The summed E-state index contributed by atoms with van der Waals surface area (Å²) < 4.78 is 10.1. The van der Waals surface area contributed by atoms with Crippen molar-refractivity contribution >= 4 is 11.8 Å². The largest absolute Gasteiger partial charge is 0.463 e. The molecular formula is C12H17N3O3. The maximum absolute atomic E-state index is 11.3. The zero-order valence-corrected chi connectivity index (χ0v) is 10.5. The molecule has 6 nitrogen and oxygen atoms in total. The molecule has 1 fully saturated rings. The molecule has 0 aromatic carbocycles. The van der Waals surface area contributed by atoms with Gasteiger partial charge in [-0.3, -0.25) is 0 Å². The molecule has 1 aliphatic carbocycles. The average molecular weight is 251 g/mol. The third-order valence-electron chi connectivity index (χ3n) is 2.87. The molecule has 98 valence electrons. The zero-order valence-electron chi connectivity index (χ0n) is 10.5. The average Bonchev–Trinajstić information content (AvgIpc) is 2.36. The predicted molar refractivity (Wildman–Crippen MR) is 65.4 cm³/mol. The van der Waals surface area contributed by atoms with Gasteiger partial charge in [0.2, 0.25) is 5.82 Å². The topological polar surface area (TPSA) is 73.3 Å². The molecular weight excluding hydrogens is 234 g/mol. The Balaban J connectivity index is 1.89. The Morgan fingerprint density at radius 1 is 1.56 bits per heavy atom. The predicted octanol–water partition coefficient (Wildman–Crippen LogP) is 1.24. The van der Waals surface area contributed by atoms with Gasteiger partial charge in [-0.2, -0.15) is 0 Å². The van der Waals surface area contributed by atoms with Crippen LogP contribution < -0.4 is 5.32 Å². The molecule has 1 aliphatic rings. The number of nitrogens with one attached hydrogen (secondary N) is 1. The molecule has 1 heterocycles. The van der Waals surface area contributed by atoms with E-state index < -0.39 is 5.97 Å². The summed E-state index contributed by atoms with van der Waals surface area (Å²) in [4.78, 5) is 19.2. The number of methoxy groups -OCH3 is 1. The van der Waals surface area contributed by atoms with Gasteiger partial charge in [0.15, 0.2) is 0 Å². The maximum atomic E-state index is 11.3. The van der Waals surface area contributed by atoms with Crippen molar-refractivity contribution in [1.29, 1.82) is 0 Å². The molecule has 2 rings (SSSR count). The van der Waals surface area contributed by atoms with E-state index in [1.165, 1.54) is 7.11 Å². The lowest BCUT2D eigenvalue weighted by Gasteiger charge is -2.35. The first-order valence-electron chi connectivity index (χ1n) is 6.02. The lowest BCUT2D eigenvalue weighted by Crippen LogP contribution is -2.41. The van der Waals surface area contributed by atoms with E-state index >= 15 is 0 Å². The van der Waals surface area contributed by atoms with Gasteiger partial charge in [0.25, 0.3) is 0 Å². The van der Waals surface area contributed by atoms with Gasteiger partial charge in [-0.15, -0.1) is 0 Å². The Bertz CT molecular complexity index is 419. The minimum atomic E-state index is -0.528. The standard InChI is InChI=1S/C12H17N3O3/c1-3-18-9-6-8(7-9)14-10-4-5-13-11(15-10)12(16)17-2/h4-5,8-9H,3,6-7H2,1-2H3,(H,13,14,15). The van der Waals surface area contributed by atoms with E-state index in [1.54, 1.807) is 12.3 Å². The van der Waals surface area contributed by atoms with Gasteiger partial charge in [0.1, 0.15) is 5.82 Å². The van der Waals surface area contributed by atoms with Gasteiger partial charge in [-0.05, 0) is 25.8 Å². The summed E-state index contributed by atoms with van der Waals surface area (Å²) in [6, 6.07) is 2.09. The van der Waals surface area contributed by atoms with E-state index in [9.17, 15) is 4.79 Å². The quantitative estimate of drug-likeness (QED) is 0.794. The molecule has 0 bridgehead atoms. The van der Waals surface area contributed by atoms with Crippen molar-refractivity contribution in [1.82, 2.24) is 9.97 Å². The van der Waals surface area contributed by atoms with Crippen molar-refractivity contribution in [3.8, 4) is 0 Å². The Hall–Kier alpha value is -1.69. The van der Waals surface area contributed by atoms with Crippen molar-refractivity contribution in [3.63, 3.8) is 0 Å². The lowest BCUT2D eigenvalue weighted by atomic mass is 9.89. The van der Waals surface area contributed by atoms with Crippen LogP contribution in [0.5, 0.6) is 0 Å². The van der Waals surface area contributed by atoms with Gasteiger partial charge in [0, 0.05) is 18.8 Å². The van der Waals surface area contributed by atoms with Crippen molar-refractivity contribution in [2.75, 3.05) is 19.0 Å². The van der Waals surface area contributed by atoms with Gasteiger partial charge >= 0.3 is 5.97 Å². The fraction of sp³-hybridized carbons (Fsp3) is 0.583. The fourth-order valence-corrected chi connectivity index (χ4v) is 1.89. The molecule has 18 heavy (non-hydrogen) atoms. The summed E-state index contributed by atoms with van der Waals surface area (Å²) in [5, 5.41) is 3.25. The second kappa shape index (κ2) is 5.77. The molecule has 1 N–H and O–H groups in total. The van der Waals surface area contributed by atoms with E-state index in [1.807, 2.05) is 6.92 Å². The number of hydrogen-bond donors (Lipinski definition) is 1. The van der Waals surface area contributed by atoms with Crippen molar-refractivity contribution in [2.45, 2.75) is 31.9 Å². The first-order valence-corrected chi connectivity index (χ1v) is 6.02. The molecule has 1 aromatic rings. The Kier molecular flexibility index (Phi) is 4.09. The Morgan fingerprint density at radius 2 is 2.33 bits per heavy atom. The fourth-order valence-electron chi connectivity index (χ4n) is 1.89. The molecule has 0 amide bonds. The highest BCUT2D eigenvalue weighted by Gasteiger charge is 2.29. The van der Waals surface area contributed by atoms with Crippen molar-refractivity contribution in [3.05, 3.63) is 18.1 Å². The van der Waals surface area contributed by atoms with Gasteiger partial charge in [-0.1, -0.05) is 0 Å². The zero-order chi connectivity index (χ0) is 13.0. The van der Waals surface area contributed by atoms with Crippen LogP contribution in [0.2, 0.25) is 0 Å². The molecule has 0 radical (unpaired) electrons. The van der Waals surface area contributed by atoms with Crippen LogP contribution in [0.3, 0.4) is 0 Å². The highest BCUT2D eigenvalue weighted by Crippen LogP contribution is 2.26.